The van der Waals surface area contributed by atoms with Gasteiger partial charge in [-0.3, -0.25) is 14.9 Å². The highest BCUT2D eigenvalue weighted by Gasteiger charge is 2.62. The van der Waals surface area contributed by atoms with E-state index in [1.807, 2.05) is 30.3 Å². The number of ketones is 1. The zero-order chi connectivity index (χ0) is 21.8. The molecule has 2 aromatic rings. The molecule has 0 radical (unpaired) electrons. The maximum atomic E-state index is 13.6. The molecular weight excluding hydrogens is 420 g/mol. The Morgan fingerprint density at radius 3 is 2.48 bits per heavy atom. The topological polar surface area (TPSA) is 107 Å². The van der Waals surface area contributed by atoms with E-state index >= 15 is 0 Å². The lowest BCUT2D eigenvalue weighted by Gasteiger charge is -2.51. The molecule has 0 N–H and O–H groups in total. The summed E-state index contributed by atoms with van der Waals surface area (Å²) in [6.07, 6.45) is 3.45. The van der Waals surface area contributed by atoms with Crippen molar-refractivity contribution in [3.05, 3.63) is 82.4 Å². The van der Waals surface area contributed by atoms with E-state index in [1.54, 1.807) is 12.2 Å². The van der Waals surface area contributed by atoms with E-state index in [0.29, 0.717) is 12.8 Å². The summed E-state index contributed by atoms with van der Waals surface area (Å²) < 4.78 is 34.8. The van der Waals surface area contributed by atoms with Crippen LogP contribution < -0.4 is 0 Å². The van der Waals surface area contributed by atoms with Gasteiger partial charge in [0.15, 0.2) is 5.78 Å². The van der Waals surface area contributed by atoms with Gasteiger partial charge in [0, 0.05) is 18.6 Å². The first-order valence-electron chi connectivity index (χ1n) is 10.0. The van der Waals surface area contributed by atoms with Crippen molar-refractivity contribution in [2.75, 3.05) is 0 Å². The number of nitro benzene ring substituents is 1. The van der Waals surface area contributed by atoms with Crippen molar-refractivity contribution in [2.45, 2.75) is 47.9 Å². The van der Waals surface area contributed by atoms with Gasteiger partial charge >= 0.3 is 0 Å². The summed E-state index contributed by atoms with van der Waals surface area (Å²) in [7, 11) is -4.01. The molecule has 2 aromatic carbocycles. The number of fused-ring (bicyclic) bond motifs is 1. The van der Waals surface area contributed by atoms with Crippen molar-refractivity contribution in [1.29, 1.82) is 0 Å². The summed E-state index contributed by atoms with van der Waals surface area (Å²) in [5.41, 5.74) is -0.304. The second-order valence-corrected chi connectivity index (χ2v) is 9.91. The number of sulfonamides is 1. The number of Topliss-reactive ketones (excluding diaryl/α,β-unsaturated/α-hetero) is 1. The number of carbonyl (C=O) groups excluding carboxylic acids is 1. The van der Waals surface area contributed by atoms with Crippen molar-refractivity contribution < 1.29 is 22.9 Å². The van der Waals surface area contributed by atoms with Crippen LogP contribution in [0.5, 0.6) is 0 Å². The fourth-order valence-electron chi connectivity index (χ4n) is 4.97. The smallest absolute Gasteiger partial charge is 0.269 e. The van der Waals surface area contributed by atoms with Gasteiger partial charge in [0.1, 0.15) is 6.10 Å². The molecular formula is C22H20N2O6S. The van der Waals surface area contributed by atoms with E-state index in [0.717, 1.165) is 5.56 Å². The van der Waals surface area contributed by atoms with Gasteiger partial charge in [-0.25, -0.2) is 8.42 Å². The van der Waals surface area contributed by atoms with Gasteiger partial charge in [-0.2, -0.15) is 4.31 Å². The SMILES string of the molecule is O=C1C[C@H]2C=C[C@]3(CC[C@@H](c4ccccc4)O[C@@H]13)N2S(=O)(=O)c1ccc([N+](=O)[O-])cc1. The molecule has 3 aliphatic rings. The number of nitro groups is 1. The van der Waals surface area contributed by atoms with E-state index in [-0.39, 0.29) is 28.9 Å². The van der Waals surface area contributed by atoms with Gasteiger partial charge < -0.3 is 4.74 Å². The molecule has 5 rings (SSSR count). The van der Waals surface area contributed by atoms with Crippen LogP contribution in [-0.4, -0.2) is 41.1 Å². The van der Waals surface area contributed by atoms with Crippen LogP contribution in [0.4, 0.5) is 5.69 Å². The number of non-ortho nitro benzene ring substituents is 1. The quantitative estimate of drug-likeness (QED) is 0.411. The zero-order valence-electron chi connectivity index (χ0n) is 16.5. The first kappa shape index (κ1) is 20.0. The third kappa shape index (κ3) is 3.03. The Kier molecular flexibility index (Phi) is 4.58. The summed E-state index contributed by atoms with van der Waals surface area (Å²) in [6.45, 7) is 0. The summed E-state index contributed by atoms with van der Waals surface area (Å²) in [5.74, 6) is -0.106. The van der Waals surface area contributed by atoms with E-state index in [1.165, 1.54) is 28.6 Å². The van der Waals surface area contributed by atoms with Gasteiger partial charge in [0.25, 0.3) is 5.69 Å². The van der Waals surface area contributed by atoms with Crippen molar-refractivity contribution in [1.82, 2.24) is 4.31 Å². The van der Waals surface area contributed by atoms with Crippen LogP contribution in [0.2, 0.25) is 0 Å². The highest BCUT2D eigenvalue weighted by molar-refractivity contribution is 7.89. The van der Waals surface area contributed by atoms with E-state index in [4.69, 9.17) is 4.74 Å². The molecule has 2 saturated heterocycles. The minimum Gasteiger partial charge on any atom is -0.360 e. The number of rotatable bonds is 4. The average molecular weight is 440 g/mol. The predicted molar refractivity (Wildman–Crippen MR) is 111 cm³/mol. The van der Waals surface area contributed by atoms with Crippen LogP contribution >= 0.6 is 0 Å². The van der Waals surface area contributed by atoms with Crippen LogP contribution in [0.15, 0.2) is 71.6 Å². The van der Waals surface area contributed by atoms with Crippen LogP contribution in [0, 0.1) is 10.1 Å². The number of carbonyl (C=O) groups is 1. The van der Waals surface area contributed by atoms with Gasteiger partial charge in [-0.15, -0.1) is 0 Å². The second kappa shape index (κ2) is 7.08. The maximum Gasteiger partial charge on any atom is 0.269 e. The highest BCUT2D eigenvalue weighted by Crippen LogP contribution is 2.50. The summed E-state index contributed by atoms with van der Waals surface area (Å²) in [6, 6.07) is 13.8. The molecule has 2 fully saturated rings. The van der Waals surface area contributed by atoms with Crippen LogP contribution in [0.25, 0.3) is 0 Å². The lowest BCUT2D eigenvalue weighted by molar-refractivity contribution is -0.384. The number of hydrogen-bond donors (Lipinski definition) is 0. The molecule has 0 amide bonds. The molecule has 3 aliphatic heterocycles. The van der Waals surface area contributed by atoms with Gasteiger partial charge in [0.05, 0.1) is 27.5 Å². The van der Waals surface area contributed by atoms with Crippen LogP contribution in [0.3, 0.4) is 0 Å². The van der Waals surface area contributed by atoms with E-state index in [9.17, 15) is 23.3 Å². The number of benzene rings is 2. The largest absolute Gasteiger partial charge is 0.360 e. The lowest BCUT2D eigenvalue weighted by atomic mass is 9.79. The fraction of sp³-hybridized carbons (Fsp3) is 0.318. The Morgan fingerprint density at radius 2 is 1.81 bits per heavy atom. The number of nitrogens with zero attached hydrogens (tertiary/aromatic N) is 2. The number of hydrogen-bond acceptors (Lipinski definition) is 6. The van der Waals surface area contributed by atoms with Crippen molar-refractivity contribution >= 4 is 21.5 Å². The zero-order valence-corrected chi connectivity index (χ0v) is 17.3. The molecule has 8 nitrogen and oxygen atoms in total. The molecule has 31 heavy (non-hydrogen) atoms. The minimum atomic E-state index is -4.01. The third-order valence-electron chi connectivity index (χ3n) is 6.36. The molecule has 4 atom stereocenters. The van der Waals surface area contributed by atoms with Crippen molar-refractivity contribution in [2.24, 2.45) is 0 Å². The fourth-order valence-corrected chi connectivity index (χ4v) is 6.87. The summed E-state index contributed by atoms with van der Waals surface area (Å²) in [5, 5.41) is 10.9. The molecule has 9 heteroatoms. The van der Waals surface area contributed by atoms with Crippen LogP contribution in [0.1, 0.15) is 30.9 Å². The number of piperidine rings is 1. The molecule has 3 heterocycles. The molecule has 2 bridgehead atoms. The highest BCUT2D eigenvalue weighted by atomic mass is 32.2. The summed E-state index contributed by atoms with van der Waals surface area (Å²) in [4.78, 5) is 23.2. The Labute approximate surface area is 179 Å². The van der Waals surface area contributed by atoms with Crippen molar-refractivity contribution in [3.63, 3.8) is 0 Å². The molecule has 160 valence electrons. The normalized spacial score (nSPS) is 30.2. The molecule has 0 aromatic heterocycles. The summed E-state index contributed by atoms with van der Waals surface area (Å²) >= 11 is 0. The van der Waals surface area contributed by atoms with Crippen LogP contribution in [-0.2, 0) is 19.6 Å². The molecule has 0 unspecified atom stereocenters. The second-order valence-electron chi connectivity index (χ2n) is 8.09. The molecule has 0 saturated carbocycles. The van der Waals surface area contributed by atoms with E-state index in [2.05, 4.69) is 0 Å². The predicted octanol–water partition coefficient (Wildman–Crippen LogP) is 3.16. The monoisotopic (exact) mass is 440 g/mol. The average Bonchev–Trinajstić information content (AvgIpc) is 3.06. The Hall–Kier alpha value is -2.88. The van der Waals surface area contributed by atoms with E-state index < -0.39 is 32.6 Å². The minimum absolute atomic E-state index is 0.0375. The maximum absolute atomic E-state index is 13.6. The Bertz CT molecular complexity index is 1180. The molecule has 0 aliphatic carbocycles. The first-order chi connectivity index (χ1) is 14.8. The first-order valence-corrected chi connectivity index (χ1v) is 11.5. The van der Waals surface area contributed by atoms with Crippen molar-refractivity contribution in [3.8, 4) is 0 Å². The Morgan fingerprint density at radius 1 is 1.10 bits per heavy atom. The third-order valence-corrected chi connectivity index (χ3v) is 8.35. The van der Waals surface area contributed by atoms with Gasteiger partial charge in [-0.05, 0) is 30.5 Å². The van der Waals surface area contributed by atoms with Gasteiger partial charge in [-0.1, -0.05) is 42.5 Å². The van der Waals surface area contributed by atoms with Gasteiger partial charge in [0.2, 0.25) is 10.0 Å². The lowest BCUT2D eigenvalue weighted by Crippen LogP contribution is -2.66. The Balaban J connectivity index is 1.51. The molecule has 1 spiro atoms. The standard InChI is InChI=1S/C22H20N2O6S/c25-19-14-17-10-12-22(13-11-20(30-21(19)22)15-4-2-1-3-5-15)23(17)31(28,29)18-8-6-16(7-9-18)24(26)27/h1-10,12,17,20-21H,11,13-14H2/t17-,20+,21+,22-/m1/s1. The number of ether oxygens (including phenoxy) is 1.